The fourth-order valence-corrected chi connectivity index (χ4v) is 0.962. The maximum Gasteiger partial charge on any atom is 0.302 e. The number of rotatable bonds is 9. The molecule has 0 aliphatic rings. The van der Waals surface area contributed by atoms with Gasteiger partial charge in [0.25, 0.3) is 0 Å². The van der Waals surface area contributed by atoms with Gasteiger partial charge in [-0.3, -0.25) is 4.79 Å². The van der Waals surface area contributed by atoms with Crippen LogP contribution in [0.15, 0.2) is 24.8 Å². The molecular weight excluding hydrogens is 192 g/mol. The van der Waals surface area contributed by atoms with E-state index in [4.69, 9.17) is 9.47 Å². The summed E-state index contributed by atoms with van der Waals surface area (Å²) in [5, 5.41) is 0. The number of hydrogen-bond acceptors (Lipinski definition) is 3. The zero-order valence-electron chi connectivity index (χ0n) is 9.41. The summed E-state index contributed by atoms with van der Waals surface area (Å²) in [7, 11) is 0. The number of hydrogen-bond donors (Lipinski definition) is 0. The molecule has 0 N–H and O–H groups in total. The van der Waals surface area contributed by atoms with Gasteiger partial charge in [-0.25, -0.2) is 0 Å². The molecule has 0 heterocycles. The lowest BCUT2D eigenvalue weighted by Crippen LogP contribution is -2.07. The Morgan fingerprint density at radius 2 is 2.07 bits per heavy atom. The normalized spacial score (nSPS) is 10.5. The van der Waals surface area contributed by atoms with Crippen LogP contribution in [0.2, 0.25) is 0 Å². The van der Waals surface area contributed by atoms with Crippen molar-refractivity contribution in [3.8, 4) is 0 Å². The SMILES string of the molecule is C=CCCCC=CCOCCOC(C)=O. The molecule has 0 atom stereocenters. The third-order valence-electron chi connectivity index (χ3n) is 1.69. The Morgan fingerprint density at radius 3 is 2.73 bits per heavy atom. The van der Waals surface area contributed by atoms with E-state index in [1.807, 2.05) is 12.2 Å². The maximum atomic E-state index is 10.4. The Kier molecular flexibility index (Phi) is 10.2. The molecule has 0 radical (unpaired) electrons. The lowest BCUT2D eigenvalue weighted by Gasteiger charge is -2.01. The zero-order chi connectivity index (χ0) is 11.4. The molecule has 0 saturated carbocycles. The van der Waals surface area contributed by atoms with Crippen LogP contribution in [0.5, 0.6) is 0 Å². The van der Waals surface area contributed by atoms with Crippen molar-refractivity contribution in [3.05, 3.63) is 24.8 Å². The number of carbonyl (C=O) groups excluding carboxylic acids is 1. The number of carbonyl (C=O) groups is 1. The first-order valence-corrected chi connectivity index (χ1v) is 5.24. The Bertz CT molecular complexity index is 197. The molecule has 0 aliphatic heterocycles. The van der Waals surface area contributed by atoms with Crippen LogP contribution >= 0.6 is 0 Å². The van der Waals surface area contributed by atoms with E-state index in [1.54, 1.807) is 0 Å². The molecule has 0 bridgehead atoms. The fourth-order valence-electron chi connectivity index (χ4n) is 0.962. The van der Waals surface area contributed by atoms with Crippen molar-refractivity contribution >= 4 is 5.97 Å². The van der Waals surface area contributed by atoms with Gasteiger partial charge >= 0.3 is 5.97 Å². The molecule has 0 aromatic rings. The minimum Gasteiger partial charge on any atom is -0.463 e. The van der Waals surface area contributed by atoms with Crippen LogP contribution in [-0.4, -0.2) is 25.8 Å². The standard InChI is InChI=1S/C12H20O3/c1-3-4-5-6-7-8-9-14-10-11-15-12(2)13/h3,7-8H,1,4-6,9-11H2,2H3. The maximum absolute atomic E-state index is 10.4. The summed E-state index contributed by atoms with van der Waals surface area (Å²) < 4.78 is 9.91. The molecule has 0 aliphatic carbocycles. The van der Waals surface area contributed by atoms with Gasteiger partial charge in [0.1, 0.15) is 6.61 Å². The van der Waals surface area contributed by atoms with Crippen LogP contribution in [0.1, 0.15) is 26.2 Å². The number of allylic oxidation sites excluding steroid dienone is 2. The first kappa shape index (κ1) is 13.9. The van der Waals surface area contributed by atoms with Crippen LogP contribution in [0, 0.1) is 0 Å². The van der Waals surface area contributed by atoms with Gasteiger partial charge in [0.2, 0.25) is 0 Å². The minimum atomic E-state index is -0.265. The highest BCUT2D eigenvalue weighted by Gasteiger charge is 1.90. The molecule has 3 heteroatoms. The molecule has 3 nitrogen and oxygen atoms in total. The average molecular weight is 212 g/mol. The van der Waals surface area contributed by atoms with E-state index in [0.29, 0.717) is 19.8 Å². The lowest BCUT2D eigenvalue weighted by molar-refractivity contribution is -0.142. The van der Waals surface area contributed by atoms with Gasteiger partial charge in [0.05, 0.1) is 13.2 Å². The van der Waals surface area contributed by atoms with E-state index in [1.165, 1.54) is 6.92 Å². The van der Waals surface area contributed by atoms with Crippen molar-refractivity contribution in [1.82, 2.24) is 0 Å². The van der Waals surface area contributed by atoms with Crippen molar-refractivity contribution in [2.24, 2.45) is 0 Å². The molecule has 0 saturated heterocycles. The summed E-state index contributed by atoms with van der Waals surface area (Å²) in [4.78, 5) is 10.4. The highest BCUT2D eigenvalue weighted by atomic mass is 16.6. The zero-order valence-corrected chi connectivity index (χ0v) is 9.41. The number of unbranched alkanes of at least 4 members (excludes halogenated alkanes) is 2. The second kappa shape index (κ2) is 11.0. The van der Waals surface area contributed by atoms with Crippen LogP contribution in [-0.2, 0) is 14.3 Å². The lowest BCUT2D eigenvalue weighted by atomic mass is 10.2. The Hall–Kier alpha value is -1.09. The van der Waals surface area contributed by atoms with E-state index in [0.717, 1.165) is 19.3 Å². The predicted octanol–water partition coefficient (Wildman–Crippen LogP) is 2.48. The van der Waals surface area contributed by atoms with Crippen LogP contribution < -0.4 is 0 Å². The molecule has 15 heavy (non-hydrogen) atoms. The first-order valence-electron chi connectivity index (χ1n) is 5.24. The Morgan fingerprint density at radius 1 is 1.27 bits per heavy atom. The molecule has 0 rings (SSSR count). The molecule has 0 fully saturated rings. The van der Waals surface area contributed by atoms with E-state index in [2.05, 4.69) is 12.7 Å². The van der Waals surface area contributed by atoms with Gasteiger partial charge in [0.15, 0.2) is 0 Å². The van der Waals surface area contributed by atoms with Crippen molar-refractivity contribution in [2.75, 3.05) is 19.8 Å². The third-order valence-corrected chi connectivity index (χ3v) is 1.69. The van der Waals surface area contributed by atoms with Crippen molar-refractivity contribution in [1.29, 1.82) is 0 Å². The summed E-state index contributed by atoms with van der Waals surface area (Å²) in [5.74, 6) is -0.265. The van der Waals surface area contributed by atoms with Gasteiger partial charge in [-0.2, -0.15) is 0 Å². The van der Waals surface area contributed by atoms with Gasteiger partial charge in [-0.1, -0.05) is 18.2 Å². The highest BCUT2D eigenvalue weighted by Crippen LogP contribution is 1.96. The summed E-state index contributed by atoms with van der Waals surface area (Å²) >= 11 is 0. The van der Waals surface area contributed by atoms with Crippen LogP contribution in [0.25, 0.3) is 0 Å². The smallest absolute Gasteiger partial charge is 0.302 e. The highest BCUT2D eigenvalue weighted by molar-refractivity contribution is 5.65. The number of ether oxygens (including phenoxy) is 2. The third kappa shape index (κ3) is 12.9. The summed E-state index contributed by atoms with van der Waals surface area (Å²) in [5.41, 5.74) is 0. The summed E-state index contributed by atoms with van der Waals surface area (Å²) in [6, 6.07) is 0. The molecule has 0 spiro atoms. The molecule has 0 aromatic heterocycles. The first-order chi connectivity index (χ1) is 7.27. The Labute approximate surface area is 91.8 Å². The van der Waals surface area contributed by atoms with E-state index in [9.17, 15) is 4.79 Å². The molecule has 0 amide bonds. The Balaban J connectivity index is 3.09. The van der Waals surface area contributed by atoms with Crippen LogP contribution in [0.4, 0.5) is 0 Å². The second-order valence-corrected chi connectivity index (χ2v) is 3.11. The topological polar surface area (TPSA) is 35.5 Å². The van der Waals surface area contributed by atoms with E-state index >= 15 is 0 Å². The predicted molar refractivity (Wildman–Crippen MR) is 60.6 cm³/mol. The summed E-state index contributed by atoms with van der Waals surface area (Å²) in [6.45, 7) is 6.41. The quantitative estimate of drug-likeness (QED) is 0.334. The molecule has 86 valence electrons. The van der Waals surface area contributed by atoms with E-state index < -0.39 is 0 Å². The minimum absolute atomic E-state index is 0.265. The average Bonchev–Trinajstić information content (AvgIpc) is 2.20. The van der Waals surface area contributed by atoms with Crippen LogP contribution in [0.3, 0.4) is 0 Å². The second-order valence-electron chi connectivity index (χ2n) is 3.11. The van der Waals surface area contributed by atoms with Gasteiger partial charge < -0.3 is 9.47 Å². The van der Waals surface area contributed by atoms with E-state index in [-0.39, 0.29) is 5.97 Å². The fraction of sp³-hybridized carbons (Fsp3) is 0.583. The van der Waals surface area contributed by atoms with Gasteiger partial charge in [0, 0.05) is 6.92 Å². The largest absolute Gasteiger partial charge is 0.463 e. The van der Waals surface area contributed by atoms with Gasteiger partial charge in [-0.15, -0.1) is 6.58 Å². The monoisotopic (exact) mass is 212 g/mol. The van der Waals surface area contributed by atoms with Crippen molar-refractivity contribution in [2.45, 2.75) is 26.2 Å². The van der Waals surface area contributed by atoms with Gasteiger partial charge in [-0.05, 0) is 19.3 Å². The summed E-state index contributed by atoms with van der Waals surface area (Å²) in [6.07, 6.45) is 9.24. The molecular formula is C12H20O3. The molecule has 0 aromatic carbocycles. The molecule has 0 unspecified atom stereocenters. The number of esters is 1. The van der Waals surface area contributed by atoms with Crippen molar-refractivity contribution in [3.63, 3.8) is 0 Å². The van der Waals surface area contributed by atoms with Crippen molar-refractivity contribution < 1.29 is 14.3 Å².